The molecule has 2 heterocycles. The van der Waals surface area contributed by atoms with Gasteiger partial charge >= 0.3 is 0 Å². The minimum absolute atomic E-state index is 0.105. The summed E-state index contributed by atoms with van der Waals surface area (Å²) in [6, 6.07) is 24.0. The Morgan fingerprint density at radius 1 is 1.00 bits per heavy atom. The van der Waals surface area contributed by atoms with Gasteiger partial charge in [-0.2, -0.15) is 0 Å². The van der Waals surface area contributed by atoms with Crippen LogP contribution in [0.15, 0.2) is 72.1 Å². The molecule has 0 saturated carbocycles. The lowest BCUT2D eigenvalue weighted by atomic mass is 9.80. The van der Waals surface area contributed by atoms with Gasteiger partial charge in [0.25, 0.3) is 0 Å². The zero-order chi connectivity index (χ0) is 23.8. The number of piperidine rings is 1. The van der Waals surface area contributed by atoms with Crippen LogP contribution in [0.4, 0.5) is 0 Å². The van der Waals surface area contributed by atoms with E-state index in [2.05, 4.69) is 101 Å². The van der Waals surface area contributed by atoms with Crippen LogP contribution >= 0.6 is 11.3 Å². The Kier molecular flexibility index (Phi) is 8.79. The fourth-order valence-electron chi connectivity index (χ4n) is 5.08. The van der Waals surface area contributed by atoms with E-state index in [-0.39, 0.29) is 11.6 Å². The molecule has 1 saturated heterocycles. The first kappa shape index (κ1) is 24.9. The van der Waals surface area contributed by atoms with Gasteiger partial charge in [0.2, 0.25) is 0 Å². The lowest BCUT2D eigenvalue weighted by molar-refractivity contribution is 0.0543. The number of nitrogens with zero attached hydrogens (tertiary/aromatic N) is 2. The molecule has 34 heavy (non-hydrogen) atoms. The molecular formula is C29H39N3OS. The topological polar surface area (TPSA) is 27.7 Å². The molecule has 1 aromatic heterocycles. The molecule has 3 aromatic rings. The molecule has 1 aliphatic rings. The van der Waals surface area contributed by atoms with E-state index in [0.717, 1.165) is 44.8 Å². The zero-order valence-electron chi connectivity index (χ0n) is 20.9. The highest BCUT2D eigenvalue weighted by molar-refractivity contribution is 7.10. The van der Waals surface area contributed by atoms with E-state index in [1.54, 1.807) is 11.3 Å². The summed E-state index contributed by atoms with van der Waals surface area (Å²) in [6.45, 7) is 4.33. The summed E-state index contributed by atoms with van der Waals surface area (Å²) in [4.78, 5) is 6.34. The summed E-state index contributed by atoms with van der Waals surface area (Å²) >= 11 is 1.77. The van der Waals surface area contributed by atoms with Crippen molar-refractivity contribution >= 4 is 11.3 Å². The van der Waals surface area contributed by atoms with Gasteiger partial charge < -0.3 is 15.0 Å². The molecule has 1 unspecified atom stereocenters. The van der Waals surface area contributed by atoms with Crippen LogP contribution < -0.4 is 10.1 Å². The van der Waals surface area contributed by atoms with Crippen molar-refractivity contribution < 1.29 is 4.74 Å². The van der Waals surface area contributed by atoms with Crippen molar-refractivity contribution in [3.63, 3.8) is 0 Å². The van der Waals surface area contributed by atoms with E-state index in [1.165, 1.54) is 28.8 Å². The van der Waals surface area contributed by atoms with Crippen molar-refractivity contribution in [2.45, 2.75) is 37.3 Å². The second kappa shape index (κ2) is 12.0. The van der Waals surface area contributed by atoms with Gasteiger partial charge in [-0.3, -0.25) is 4.90 Å². The van der Waals surface area contributed by atoms with Crippen LogP contribution in [-0.4, -0.2) is 57.1 Å². The van der Waals surface area contributed by atoms with Crippen molar-refractivity contribution in [3.05, 3.63) is 88.1 Å². The van der Waals surface area contributed by atoms with Crippen LogP contribution in [0.1, 0.15) is 41.4 Å². The Balaban J connectivity index is 1.29. The highest BCUT2D eigenvalue weighted by Crippen LogP contribution is 2.37. The number of thiophene rings is 1. The number of hydrogen-bond acceptors (Lipinski definition) is 5. The van der Waals surface area contributed by atoms with Gasteiger partial charge in [-0.25, -0.2) is 0 Å². The molecule has 0 bridgehead atoms. The summed E-state index contributed by atoms with van der Waals surface area (Å²) in [6.07, 6.45) is 4.49. The molecule has 4 rings (SSSR count). The SMILES string of the molecule is CNCCC(Oc1ccc(CCN2CCC(c3ccccc3)(N(C)C)CC2)cc1)c1cccs1. The van der Waals surface area contributed by atoms with Crippen molar-refractivity contribution in [2.75, 3.05) is 47.3 Å². The zero-order valence-corrected chi connectivity index (χ0v) is 21.7. The Morgan fingerprint density at radius 3 is 2.35 bits per heavy atom. The van der Waals surface area contributed by atoms with E-state index in [0.29, 0.717) is 0 Å². The average molecular weight is 478 g/mol. The molecule has 182 valence electrons. The van der Waals surface area contributed by atoms with Crippen LogP contribution in [-0.2, 0) is 12.0 Å². The monoisotopic (exact) mass is 477 g/mol. The number of likely N-dealkylation sites (tertiary alicyclic amines) is 1. The van der Waals surface area contributed by atoms with Crippen LogP contribution in [0.3, 0.4) is 0 Å². The number of benzene rings is 2. The first-order chi connectivity index (χ1) is 16.6. The van der Waals surface area contributed by atoms with Gasteiger partial charge in [-0.05, 0) is 81.7 Å². The summed E-state index contributed by atoms with van der Waals surface area (Å²) in [5.74, 6) is 0.954. The van der Waals surface area contributed by atoms with Crippen molar-refractivity contribution in [3.8, 4) is 5.75 Å². The van der Waals surface area contributed by atoms with E-state index < -0.39 is 0 Å². The highest BCUT2D eigenvalue weighted by atomic mass is 32.1. The van der Waals surface area contributed by atoms with Gasteiger partial charge in [0.05, 0.1) is 0 Å². The molecule has 0 spiro atoms. The molecule has 4 nitrogen and oxygen atoms in total. The average Bonchev–Trinajstić information content (AvgIpc) is 3.42. The van der Waals surface area contributed by atoms with Crippen molar-refractivity contribution in [1.29, 1.82) is 0 Å². The van der Waals surface area contributed by atoms with Gasteiger partial charge in [0, 0.05) is 36.5 Å². The molecule has 1 aliphatic heterocycles. The number of ether oxygens (including phenoxy) is 1. The normalized spacial score (nSPS) is 17.1. The second-order valence-corrected chi connectivity index (χ2v) is 10.5. The van der Waals surface area contributed by atoms with E-state index >= 15 is 0 Å². The predicted octanol–water partition coefficient (Wildman–Crippen LogP) is 5.57. The quantitative estimate of drug-likeness (QED) is 0.391. The predicted molar refractivity (Wildman–Crippen MR) is 144 cm³/mol. The summed E-state index contributed by atoms with van der Waals surface area (Å²) in [5, 5.41) is 5.36. The van der Waals surface area contributed by atoms with E-state index in [9.17, 15) is 0 Å². The first-order valence-electron chi connectivity index (χ1n) is 12.5. The van der Waals surface area contributed by atoms with Gasteiger partial charge in [-0.1, -0.05) is 48.5 Å². The van der Waals surface area contributed by atoms with Gasteiger partial charge in [-0.15, -0.1) is 11.3 Å². The first-order valence-corrected chi connectivity index (χ1v) is 13.4. The molecule has 1 N–H and O–H groups in total. The number of hydrogen-bond donors (Lipinski definition) is 1. The molecule has 0 amide bonds. The Bertz CT molecular complexity index is 964. The van der Waals surface area contributed by atoms with Crippen molar-refractivity contribution in [2.24, 2.45) is 0 Å². The second-order valence-electron chi connectivity index (χ2n) is 9.54. The molecular weight excluding hydrogens is 438 g/mol. The summed E-state index contributed by atoms with van der Waals surface area (Å²) in [5.41, 5.74) is 2.98. The standard InChI is InChI=1S/C29H39N3OS/c1-30-19-15-27(28-10-7-23-34-28)33-26-13-11-24(12-14-26)16-20-32-21-17-29(18-22-32,31(2)3)25-8-5-4-6-9-25/h4-14,23,27,30H,15-22H2,1-3H3. The van der Waals surface area contributed by atoms with E-state index in [1.807, 2.05) is 7.05 Å². The van der Waals surface area contributed by atoms with Gasteiger partial charge in [0.15, 0.2) is 0 Å². The molecule has 5 heteroatoms. The maximum atomic E-state index is 6.35. The minimum atomic E-state index is 0.105. The molecule has 1 atom stereocenters. The Morgan fingerprint density at radius 2 is 1.74 bits per heavy atom. The van der Waals surface area contributed by atoms with Crippen LogP contribution in [0.5, 0.6) is 5.75 Å². The third kappa shape index (κ3) is 6.08. The van der Waals surface area contributed by atoms with Gasteiger partial charge in [0.1, 0.15) is 11.9 Å². The van der Waals surface area contributed by atoms with Crippen LogP contribution in [0.25, 0.3) is 0 Å². The van der Waals surface area contributed by atoms with E-state index in [4.69, 9.17) is 4.74 Å². The number of nitrogens with one attached hydrogen (secondary N) is 1. The van der Waals surface area contributed by atoms with Crippen LogP contribution in [0.2, 0.25) is 0 Å². The molecule has 1 fully saturated rings. The highest BCUT2D eigenvalue weighted by Gasteiger charge is 2.37. The third-order valence-corrected chi connectivity index (χ3v) is 8.25. The Labute approximate surface area is 209 Å². The summed E-state index contributed by atoms with van der Waals surface area (Å²) in [7, 11) is 6.45. The fraction of sp³-hybridized carbons (Fsp3) is 0.448. The molecule has 0 aliphatic carbocycles. The smallest absolute Gasteiger partial charge is 0.134 e. The number of rotatable bonds is 11. The largest absolute Gasteiger partial charge is 0.485 e. The lowest BCUT2D eigenvalue weighted by Gasteiger charge is -2.46. The maximum absolute atomic E-state index is 6.35. The third-order valence-electron chi connectivity index (χ3n) is 7.29. The fourth-order valence-corrected chi connectivity index (χ4v) is 5.87. The van der Waals surface area contributed by atoms with Crippen molar-refractivity contribution in [1.82, 2.24) is 15.1 Å². The Hall–Kier alpha value is -2.18. The maximum Gasteiger partial charge on any atom is 0.134 e. The van der Waals surface area contributed by atoms with Crippen LogP contribution in [0, 0.1) is 0 Å². The lowest BCUT2D eigenvalue weighted by Crippen LogP contribution is -2.50. The minimum Gasteiger partial charge on any atom is -0.485 e. The molecule has 2 aromatic carbocycles. The molecule has 0 radical (unpaired) electrons. The summed E-state index contributed by atoms with van der Waals surface area (Å²) < 4.78 is 6.35.